The molecule has 6 nitrogen and oxygen atoms in total. The lowest BCUT2D eigenvalue weighted by Crippen LogP contribution is -2.14. The molecule has 0 aromatic rings. The maximum absolute atomic E-state index is 11.4. The van der Waals surface area contributed by atoms with Crippen molar-refractivity contribution in [3.63, 3.8) is 0 Å². The topological polar surface area (TPSA) is 71.1 Å². The molecule has 0 aromatic carbocycles. The molecular weight excluding hydrogens is 288 g/mol. The number of unbranched alkanes of at least 4 members (excludes halogenated alkanes) is 4. The zero-order chi connectivity index (χ0) is 16.5. The summed E-state index contributed by atoms with van der Waals surface area (Å²) in [6.07, 6.45) is 6.09. The summed E-state index contributed by atoms with van der Waals surface area (Å²) in [5.41, 5.74) is 0. The van der Waals surface area contributed by atoms with Crippen molar-refractivity contribution in [3.8, 4) is 0 Å². The molecule has 6 heteroatoms. The van der Waals surface area contributed by atoms with Crippen LogP contribution >= 0.6 is 0 Å². The van der Waals surface area contributed by atoms with Gasteiger partial charge >= 0.3 is 11.9 Å². The van der Waals surface area contributed by atoms with E-state index in [2.05, 4.69) is 6.92 Å². The van der Waals surface area contributed by atoms with Gasteiger partial charge in [0.15, 0.2) is 0 Å². The molecule has 0 saturated carbocycles. The van der Waals surface area contributed by atoms with Crippen LogP contribution in [0.15, 0.2) is 0 Å². The van der Waals surface area contributed by atoms with Gasteiger partial charge < -0.3 is 18.9 Å². The molecule has 0 unspecified atom stereocenters. The second-order valence-electron chi connectivity index (χ2n) is 4.95. The van der Waals surface area contributed by atoms with Gasteiger partial charge in [0.2, 0.25) is 0 Å². The third-order valence-corrected chi connectivity index (χ3v) is 2.88. The molecule has 0 atom stereocenters. The Hall–Kier alpha value is -1.14. The molecule has 22 heavy (non-hydrogen) atoms. The van der Waals surface area contributed by atoms with E-state index in [1.807, 2.05) is 0 Å². The second-order valence-corrected chi connectivity index (χ2v) is 4.95. The first-order valence-corrected chi connectivity index (χ1v) is 8.11. The molecule has 0 saturated heterocycles. The van der Waals surface area contributed by atoms with E-state index < -0.39 is 0 Å². The van der Waals surface area contributed by atoms with Crippen molar-refractivity contribution in [3.05, 3.63) is 0 Å². The highest BCUT2D eigenvalue weighted by Gasteiger charge is 2.02. The number of carbonyl (C=O) groups excluding carboxylic acids is 2. The summed E-state index contributed by atoms with van der Waals surface area (Å²) < 4.78 is 20.2. The SMILES string of the molecule is CCCCCCCC(=O)OCCOCCOCCOC(C)=O. The van der Waals surface area contributed by atoms with E-state index in [4.69, 9.17) is 18.9 Å². The molecule has 0 radical (unpaired) electrons. The third-order valence-electron chi connectivity index (χ3n) is 2.88. The minimum Gasteiger partial charge on any atom is -0.463 e. The summed E-state index contributed by atoms with van der Waals surface area (Å²) in [5.74, 6) is -0.468. The molecule has 0 aromatic heterocycles. The summed E-state index contributed by atoms with van der Waals surface area (Å²) in [6, 6.07) is 0. The second kappa shape index (κ2) is 16.2. The van der Waals surface area contributed by atoms with Crippen LogP contribution < -0.4 is 0 Å². The number of ether oxygens (including phenoxy) is 4. The van der Waals surface area contributed by atoms with E-state index >= 15 is 0 Å². The predicted molar refractivity (Wildman–Crippen MR) is 82.6 cm³/mol. The standard InChI is InChI=1S/C16H30O6/c1-3-4-5-6-7-8-16(18)22-14-12-20-10-9-19-11-13-21-15(2)17/h3-14H2,1-2H3. The molecule has 0 N–H and O–H groups in total. The lowest BCUT2D eigenvalue weighted by molar-refractivity contribution is -0.146. The van der Waals surface area contributed by atoms with Crippen LogP contribution in [0.3, 0.4) is 0 Å². The van der Waals surface area contributed by atoms with Crippen molar-refractivity contribution in [2.24, 2.45) is 0 Å². The van der Waals surface area contributed by atoms with Crippen LogP contribution in [0.4, 0.5) is 0 Å². The molecule has 0 bridgehead atoms. The lowest BCUT2D eigenvalue weighted by atomic mass is 10.1. The average Bonchev–Trinajstić information content (AvgIpc) is 2.48. The Balaban J connectivity index is 3.15. The van der Waals surface area contributed by atoms with E-state index in [-0.39, 0.29) is 25.2 Å². The summed E-state index contributed by atoms with van der Waals surface area (Å²) in [5, 5.41) is 0. The average molecular weight is 318 g/mol. The number of rotatable bonds is 15. The van der Waals surface area contributed by atoms with Crippen molar-refractivity contribution >= 4 is 11.9 Å². The molecule has 0 amide bonds. The summed E-state index contributed by atoms with van der Waals surface area (Å²) in [6.45, 7) is 5.63. The summed E-state index contributed by atoms with van der Waals surface area (Å²) in [4.78, 5) is 21.9. The van der Waals surface area contributed by atoms with Gasteiger partial charge in [-0.25, -0.2) is 0 Å². The minimum atomic E-state index is -0.313. The zero-order valence-electron chi connectivity index (χ0n) is 13.9. The molecule has 0 spiro atoms. The highest BCUT2D eigenvalue weighted by Crippen LogP contribution is 2.05. The van der Waals surface area contributed by atoms with Crippen LogP contribution in [0.25, 0.3) is 0 Å². The molecular formula is C16H30O6. The van der Waals surface area contributed by atoms with Crippen LogP contribution in [-0.2, 0) is 28.5 Å². The van der Waals surface area contributed by atoms with Crippen molar-refractivity contribution in [2.45, 2.75) is 52.4 Å². The Morgan fingerprint density at radius 1 is 0.727 bits per heavy atom. The molecule has 0 aliphatic rings. The first-order valence-electron chi connectivity index (χ1n) is 8.11. The Kier molecular flexibility index (Phi) is 15.4. The van der Waals surface area contributed by atoms with Crippen LogP contribution in [0.2, 0.25) is 0 Å². The fourth-order valence-corrected chi connectivity index (χ4v) is 1.73. The molecule has 0 rings (SSSR count). The Morgan fingerprint density at radius 3 is 1.86 bits per heavy atom. The van der Waals surface area contributed by atoms with Crippen molar-refractivity contribution in [2.75, 3.05) is 39.6 Å². The fraction of sp³-hybridized carbons (Fsp3) is 0.875. The van der Waals surface area contributed by atoms with Gasteiger partial charge in [0.25, 0.3) is 0 Å². The van der Waals surface area contributed by atoms with Crippen molar-refractivity contribution in [1.82, 2.24) is 0 Å². The van der Waals surface area contributed by atoms with Crippen molar-refractivity contribution in [1.29, 1.82) is 0 Å². The lowest BCUT2D eigenvalue weighted by Gasteiger charge is -2.07. The van der Waals surface area contributed by atoms with Crippen LogP contribution in [0.5, 0.6) is 0 Å². The van der Waals surface area contributed by atoms with Gasteiger partial charge in [-0.05, 0) is 6.42 Å². The predicted octanol–water partition coefficient (Wildman–Crippen LogP) is 2.49. The number of hydrogen-bond acceptors (Lipinski definition) is 6. The van der Waals surface area contributed by atoms with Crippen LogP contribution in [0, 0.1) is 0 Å². The quantitative estimate of drug-likeness (QED) is 0.341. The smallest absolute Gasteiger partial charge is 0.305 e. The first-order chi connectivity index (χ1) is 10.7. The minimum absolute atomic E-state index is 0.155. The van der Waals surface area contributed by atoms with Gasteiger partial charge in [-0.1, -0.05) is 32.6 Å². The molecule has 0 aliphatic heterocycles. The number of carbonyl (C=O) groups is 2. The largest absolute Gasteiger partial charge is 0.463 e. The normalized spacial score (nSPS) is 10.5. The number of hydrogen-bond donors (Lipinski definition) is 0. The van der Waals surface area contributed by atoms with E-state index in [1.165, 1.54) is 26.2 Å². The van der Waals surface area contributed by atoms with Gasteiger partial charge in [-0.15, -0.1) is 0 Å². The fourth-order valence-electron chi connectivity index (χ4n) is 1.73. The number of esters is 2. The van der Waals surface area contributed by atoms with Gasteiger partial charge in [0.1, 0.15) is 13.2 Å². The summed E-state index contributed by atoms with van der Waals surface area (Å²) in [7, 11) is 0. The van der Waals surface area contributed by atoms with Gasteiger partial charge in [-0.3, -0.25) is 9.59 Å². The summed E-state index contributed by atoms with van der Waals surface area (Å²) >= 11 is 0. The van der Waals surface area contributed by atoms with Gasteiger partial charge in [-0.2, -0.15) is 0 Å². The highest BCUT2D eigenvalue weighted by molar-refractivity contribution is 5.69. The van der Waals surface area contributed by atoms with E-state index in [0.717, 1.165) is 12.8 Å². The van der Waals surface area contributed by atoms with E-state index in [9.17, 15) is 9.59 Å². The maximum Gasteiger partial charge on any atom is 0.305 e. The Labute approximate surface area is 133 Å². The molecule has 0 heterocycles. The first kappa shape index (κ1) is 20.9. The molecule has 130 valence electrons. The van der Waals surface area contributed by atoms with E-state index in [1.54, 1.807) is 0 Å². The van der Waals surface area contributed by atoms with Crippen LogP contribution in [0.1, 0.15) is 52.4 Å². The molecule has 0 fully saturated rings. The third kappa shape index (κ3) is 16.9. The van der Waals surface area contributed by atoms with Crippen molar-refractivity contribution < 1.29 is 28.5 Å². The Bertz CT molecular complexity index is 280. The van der Waals surface area contributed by atoms with Gasteiger partial charge in [0, 0.05) is 13.3 Å². The Morgan fingerprint density at radius 2 is 1.27 bits per heavy atom. The van der Waals surface area contributed by atoms with E-state index in [0.29, 0.717) is 32.8 Å². The zero-order valence-corrected chi connectivity index (χ0v) is 13.9. The van der Waals surface area contributed by atoms with Gasteiger partial charge in [0.05, 0.1) is 26.4 Å². The molecule has 0 aliphatic carbocycles. The van der Waals surface area contributed by atoms with Crippen LogP contribution in [-0.4, -0.2) is 51.6 Å². The maximum atomic E-state index is 11.4. The highest BCUT2D eigenvalue weighted by atomic mass is 16.6. The monoisotopic (exact) mass is 318 g/mol.